The summed E-state index contributed by atoms with van der Waals surface area (Å²) in [5, 5.41) is 0. The summed E-state index contributed by atoms with van der Waals surface area (Å²) < 4.78 is 15.0. The van der Waals surface area contributed by atoms with E-state index in [9.17, 15) is 9.59 Å². The standard InChI is InChI=1S/C31H36N6O4/c1-31(2,3)41-30(39)35(6)22-18-23(19-22)36-26-16-17-32-28(33-20-34(4)5)27(26)37(29(36)38)21-12-14-25(15-13-21)40-24-10-8-7-9-11-24/h7-17,20,22-23H,18-19H2,1-6H3/b33-20+/t22-,23+. The second-order valence-electron chi connectivity index (χ2n) is 11.5. The Bertz CT molecular complexity index is 1610. The van der Waals surface area contributed by atoms with E-state index in [4.69, 9.17) is 9.47 Å². The van der Waals surface area contributed by atoms with Crippen LogP contribution < -0.4 is 10.4 Å². The molecule has 1 amide bonds. The average molecular weight is 557 g/mol. The Balaban J connectivity index is 1.50. The van der Waals surface area contributed by atoms with Crippen LogP contribution in [-0.2, 0) is 4.74 Å². The van der Waals surface area contributed by atoms with Crippen LogP contribution in [0.5, 0.6) is 11.5 Å². The van der Waals surface area contributed by atoms with E-state index in [2.05, 4.69) is 9.98 Å². The Morgan fingerprint density at radius 3 is 2.29 bits per heavy atom. The van der Waals surface area contributed by atoms with Gasteiger partial charge in [0.25, 0.3) is 0 Å². The van der Waals surface area contributed by atoms with Crippen molar-refractivity contribution in [3.8, 4) is 17.2 Å². The SMILES string of the molecule is CN(C)/C=N/c1nccc2c1n(-c1ccc(Oc3ccccc3)cc1)c(=O)n2[C@H]1C[C@@H](N(C)C(=O)OC(C)(C)C)C1. The zero-order valence-corrected chi connectivity index (χ0v) is 24.3. The molecule has 214 valence electrons. The smallest absolute Gasteiger partial charge is 0.410 e. The third-order valence-electron chi connectivity index (χ3n) is 6.93. The van der Waals surface area contributed by atoms with Gasteiger partial charge in [-0.05, 0) is 76.1 Å². The van der Waals surface area contributed by atoms with E-state index in [1.807, 2.05) is 100 Å². The number of hydrogen-bond acceptors (Lipinski definition) is 6. The number of benzene rings is 2. The lowest BCUT2D eigenvalue weighted by Crippen LogP contribution is -2.49. The molecule has 1 saturated carbocycles. The number of ether oxygens (including phenoxy) is 2. The monoisotopic (exact) mass is 556 g/mol. The molecular weight excluding hydrogens is 520 g/mol. The lowest BCUT2D eigenvalue weighted by atomic mass is 9.85. The van der Waals surface area contributed by atoms with Gasteiger partial charge in [-0.15, -0.1) is 0 Å². The highest BCUT2D eigenvalue weighted by Gasteiger charge is 2.39. The molecule has 41 heavy (non-hydrogen) atoms. The predicted molar refractivity (Wildman–Crippen MR) is 160 cm³/mol. The normalized spacial score (nSPS) is 16.9. The van der Waals surface area contributed by atoms with E-state index in [1.54, 1.807) is 33.6 Å². The summed E-state index contributed by atoms with van der Waals surface area (Å²) in [4.78, 5) is 39.2. The highest BCUT2D eigenvalue weighted by atomic mass is 16.6. The van der Waals surface area contributed by atoms with E-state index in [0.717, 1.165) is 11.3 Å². The molecule has 0 atom stereocenters. The maximum absolute atomic E-state index is 14.1. The number of fused-ring (bicyclic) bond motifs is 1. The van der Waals surface area contributed by atoms with Crippen molar-refractivity contribution in [1.29, 1.82) is 0 Å². The Morgan fingerprint density at radius 2 is 1.66 bits per heavy atom. The predicted octanol–water partition coefficient (Wildman–Crippen LogP) is 5.77. The Morgan fingerprint density at radius 1 is 1.00 bits per heavy atom. The van der Waals surface area contributed by atoms with Gasteiger partial charge in [0.05, 0.1) is 17.5 Å². The summed E-state index contributed by atoms with van der Waals surface area (Å²) >= 11 is 0. The molecule has 0 unspecified atom stereocenters. The van der Waals surface area contributed by atoms with Crippen molar-refractivity contribution >= 4 is 29.3 Å². The van der Waals surface area contributed by atoms with Gasteiger partial charge in [-0.1, -0.05) is 18.2 Å². The van der Waals surface area contributed by atoms with Gasteiger partial charge < -0.3 is 19.3 Å². The van der Waals surface area contributed by atoms with Gasteiger partial charge in [-0.2, -0.15) is 0 Å². The number of rotatable bonds is 7. The molecule has 2 aromatic heterocycles. The zero-order chi connectivity index (χ0) is 29.3. The van der Waals surface area contributed by atoms with Crippen molar-refractivity contribution in [3.05, 3.63) is 77.3 Å². The molecule has 1 aliphatic carbocycles. The van der Waals surface area contributed by atoms with Gasteiger partial charge in [0.2, 0.25) is 0 Å². The van der Waals surface area contributed by atoms with Gasteiger partial charge in [0.1, 0.15) is 22.6 Å². The fourth-order valence-corrected chi connectivity index (χ4v) is 4.86. The summed E-state index contributed by atoms with van der Waals surface area (Å²) in [6.45, 7) is 5.55. The second kappa shape index (κ2) is 11.1. The lowest BCUT2D eigenvalue weighted by molar-refractivity contribution is 0.00786. The maximum Gasteiger partial charge on any atom is 0.410 e. The number of nitrogens with zero attached hydrogens (tertiary/aromatic N) is 6. The second-order valence-corrected chi connectivity index (χ2v) is 11.5. The lowest BCUT2D eigenvalue weighted by Gasteiger charge is -2.41. The summed E-state index contributed by atoms with van der Waals surface area (Å²) in [5.74, 6) is 1.83. The summed E-state index contributed by atoms with van der Waals surface area (Å²) in [6.07, 6.45) is 4.25. The third-order valence-corrected chi connectivity index (χ3v) is 6.93. The van der Waals surface area contributed by atoms with Gasteiger partial charge in [0, 0.05) is 39.4 Å². The maximum atomic E-state index is 14.1. The molecule has 2 aromatic carbocycles. The summed E-state index contributed by atoms with van der Waals surface area (Å²) in [6, 6.07) is 18.7. The molecule has 0 spiro atoms. The first-order valence-electron chi connectivity index (χ1n) is 13.6. The van der Waals surface area contributed by atoms with Crippen LogP contribution in [0.1, 0.15) is 39.7 Å². The quantitative estimate of drug-likeness (QED) is 0.212. The summed E-state index contributed by atoms with van der Waals surface area (Å²) in [7, 11) is 5.50. The molecule has 10 heteroatoms. The topological polar surface area (TPSA) is 94.2 Å². The van der Waals surface area contributed by atoms with Crippen LogP contribution in [0.25, 0.3) is 16.7 Å². The van der Waals surface area contributed by atoms with Crippen molar-refractivity contribution in [2.45, 2.75) is 51.3 Å². The Kier molecular flexibility index (Phi) is 7.57. The number of amides is 1. The fraction of sp³-hybridized carbons (Fsp3) is 0.355. The van der Waals surface area contributed by atoms with Crippen LogP contribution in [0.4, 0.5) is 10.6 Å². The van der Waals surface area contributed by atoms with Crippen molar-refractivity contribution < 1.29 is 14.3 Å². The molecule has 4 aromatic rings. The van der Waals surface area contributed by atoms with Gasteiger partial charge in [-0.25, -0.2) is 19.6 Å². The number of aromatic nitrogens is 3. The minimum Gasteiger partial charge on any atom is -0.457 e. The number of aliphatic imine (C=N–C) groups is 1. The van der Waals surface area contributed by atoms with Crippen LogP contribution in [0, 0.1) is 0 Å². The molecule has 5 rings (SSSR count). The third kappa shape index (κ3) is 5.96. The minimum absolute atomic E-state index is 0.0253. The number of carbonyl (C=O) groups excluding carboxylic acids is 1. The molecule has 0 radical (unpaired) electrons. The van der Waals surface area contributed by atoms with Crippen LogP contribution in [0.3, 0.4) is 0 Å². The fourth-order valence-electron chi connectivity index (χ4n) is 4.86. The molecule has 1 aliphatic rings. The number of pyridine rings is 1. The largest absolute Gasteiger partial charge is 0.457 e. The Labute approximate surface area is 239 Å². The van der Waals surface area contributed by atoms with Crippen LogP contribution >= 0.6 is 0 Å². The molecule has 0 saturated heterocycles. The number of carbonyl (C=O) groups is 1. The van der Waals surface area contributed by atoms with E-state index >= 15 is 0 Å². The first-order chi connectivity index (χ1) is 19.5. The first kappa shape index (κ1) is 27.9. The Hall–Kier alpha value is -4.60. The average Bonchev–Trinajstić information content (AvgIpc) is 3.19. The summed E-state index contributed by atoms with van der Waals surface area (Å²) in [5.41, 5.74) is 1.28. The van der Waals surface area contributed by atoms with Crippen LogP contribution in [0.2, 0.25) is 0 Å². The number of para-hydroxylation sites is 1. The molecule has 0 aliphatic heterocycles. The molecule has 10 nitrogen and oxygen atoms in total. The van der Waals surface area contributed by atoms with Crippen molar-refractivity contribution in [2.75, 3.05) is 21.1 Å². The molecule has 0 bridgehead atoms. The highest BCUT2D eigenvalue weighted by Crippen LogP contribution is 2.38. The van der Waals surface area contributed by atoms with Crippen LogP contribution in [-0.4, -0.2) is 69.1 Å². The highest BCUT2D eigenvalue weighted by molar-refractivity contribution is 5.88. The van der Waals surface area contributed by atoms with Crippen molar-refractivity contribution in [2.24, 2.45) is 4.99 Å². The van der Waals surface area contributed by atoms with Gasteiger partial charge in [0.15, 0.2) is 5.82 Å². The zero-order valence-electron chi connectivity index (χ0n) is 24.3. The molecular formula is C31H36N6O4. The molecule has 1 fully saturated rings. The number of imidazole rings is 1. The number of hydrogen-bond donors (Lipinski definition) is 0. The van der Waals surface area contributed by atoms with E-state index in [0.29, 0.717) is 35.6 Å². The minimum atomic E-state index is -0.572. The van der Waals surface area contributed by atoms with E-state index in [1.165, 1.54) is 0 Å². The van der Waals surface area contributed by atoms with Crippen molar-refractivity contribution in [3.63, 3.8) is 0 Å². The molecule has 0 N–H and O–H groups in total. The van der Waals surface area contributed by atoms with Crippen molar-refractivity contribution in [1.82, 2.24) is 23.9 Å². The van der Waals surface area contributed by atoms with Crippen LogP contribution in [0.15, 0.2) is 76.6 Å². The van der Waals surface area contributed by atoms with E-state index in [-0.39, 0.29) is 23.9 Å². The van der Waals surface area contributed by atoms with Gasteiger partial charge in [-0.3, -0.25) is 9.13 Å². The van der Waals surface area contributed by atoms with E-state index < -0.39 is 5.60 Å². The first-order valence-corrected chi connectivity index (χ1v) is 13.6. The van der Waals surface area contributed by atoms with Gasteiger partial charge >= 0.3 is 11.8 Å². The molecule has 2 heterocycles.